The molecule has 1 N–H and O–H groups in total. The van der Waals surface area contributed by atoms with Crippen molar-refractivity contribution in [3.8, 4) is 5.75 Å². The third-order valence-electron chi connectivity index (χ3n) is 3.90. The van der Waals surface area contributed by atoms with Crippen LogP contribution in [-0.2, 0) is 17.9 Å². The molecule has 3 rings (SSSR count). The van der Waals surface area contributed by atoms with E-state index in [0.717, 1.165) is 0 Å². The van der Waals surface area contributed by atoms with E-state index in [0.29, 0.717) is 39.0 Å². The molecule has 0 aliphatic rings. The number of rotatable bonds is 9. The first-order valence-electron chi connectivity index (χ1n) is 8.86. The first-order valence-corrected chi connectivity index (χ1v) is 11.0. The predicted octanol–water partition coefficient (Wildman–Crippen LogP) is 5.87. The normalized spacial score (nSPS) is 10.7. The van der Waals surface area contributed by atoms with E-state index < -0.39 is 5.82 Å². The molecule has 31 heavy (non-hydrogen) atoms. The molecule has 11 heteroatoms. The third-order valence-corrected chi connectivity index (χ3v) is 5.71. The Morgan fingerprint density at radius 3 is 2.71 bits per heavy atom. The minimum absolute atomic E-state index is 0.0342. The van der Waals surface area contributed by atoms with Crippen molar-refractivity contribution in [2.24, 2.45) is 0 Å². The number of anilines is 1. The Bertz CT molecular complexity index is 1110. The largest absolute Gasteiger partial charge is 0.486 e. The standard InChI is InChI=1S/C20H16Cl3FN4O2S/c1-2-7-28-18(10-30-13-4-5-16(24)14(22)9-13)26-27-20(28)31-11-19(29)25-17-6-3-12(21)8-15(17)23/h2-6,8-9H,1,7,10-11H2,(H,25,29). The van der Waals surface area contributed by atoms with Crippen LogP contribution in [0.15, 0.2) is 54.2 Å². The van der Waals surface area contributed by atoms with E-state index in [-0.39, 0.29) is 23.3 Å². The minimum atomic E-state index is -0.527. The number of nitrogens with one attached hydrogen (secondary N) is 1. The van der Waals surface area contributed by atoms with E-state index >= 15 is 0 Å². The maximum Gasteiger partial charge on any atom is 0.234 e. The highest BCUT2D eigenvalue weighted by Gasteiger charge is 2.15. The summed E-state index contributed by atoms with van der Waals surface area (Å²) in [5, 5.41) is 12.3. The van der Waals surface area contributed by atoms with Crippen molar-refractivity contribution >= 4 is 58.2 Å². The van der Waals surface area contributed by atoms with Crippen molar-refractivity contribution in [2.45, 2.75) is 18.3 Å². The van der Waals surface area contributed by atoms with Gasteiger partial charge in [-0.3, -0.25) is 9.36 Å². The van der Waals surface area contributed by atoms with Gasteiger partial charge in [0.05, 0.1) is 21.5 Å². The monoisotopic (exact) mass is 500 g/mol. The van der Waals surface area contributed by atoms with Gasteiger partial charge in [-0.1, -0.05) is 52.6 Å². The molecule has 1 aromatic heterocycles. The Morgan fingerprint density at radius 1 is 1.19 bits per heavy atom. The van der Waals surface area contributed by atoms with Gasteiger partial charge in [-0.15, -0.1) is 16.8 Å². The van der Waals surface area contributed by atoms with Gasteiger partial charge in [0.25, 0.3) is 0 Å². The van der Waals surface area contributed by atoms with Gasteiger partial charge < -0.3 is 10.1 Å². The molecule has 2 aromatic carbocycles. The second-order valence-corrected chi connectivity index (χ2v) is 8.32. The van der Waals surface area contributed by atoms with Crippen LogP contribution < -0.4 is 10.1 Å². The molecule has 1 amide bonds. The number of ether oxygens (including phenoxy) is 1. The summed E-state index contributed by atoms with van der Waals surface area (Å²) in [5.41, 5.74) is 0.469. The van der Waals surface area contributed by atoms with Crippen LogP contribution in [0, 0.1) is 5.82 Å². The molecule has 0 spiro atoms. The molecule has 0 atom stereocenters. The lowest BCUT2D eigenvalue weighted by atomic mass is 10.3. The number of carbonyl (C=O) groups is 1. The zero-order chi connectivity index (χ0) is 22.4. The number of benzene rings is 2. The smallest absolute Gasteiger partial charge is 0.234 e. The van der Waals surface area contributed by atoms with Crippen molar-refractivity contribution in [1.82, 2.24) is 14.8 Å². The zero-order valence-corrected chi connectivity index (χ0v) is 19.0. The molecular weight excluding hydrogens is 486 g/mol. The fourth-order valence-electron chi connectivity index (χ4n) is 2.47. The predicted molar refractivity (Wildman–Crippen MR) is 122 cm³/mol. The maximum absolute atomic E-state index is 13.3. The second-order valence-electron chi connectivity index (χ2n) is 6.12. The van der Waals surface area contributed by atoms with Crippen LogP contribution in [0.1, 0.15) is 5.82 Å². The van der Waals surface area contributed by atoms with Gasteiger partial charge in [-0.05, 0) is 30.3 Å². The topological polar surface area (TPSA) is 69.0 Å². The molecule has 0 unspecified atom stereocenters. The molecule has 0 radical (unpaired) electrons. The molecule has 0 aliphatic heterocycles. The summed E-state index contributed by atoms with van der Waals surface area (Å²) in [6.45, 7) is 4.23. The lowest BCUT2D eigenvalue weighted by Gasteiger charge is -2.10. The van der Waals surface area contributed by atoms with Crippen LogP contribution in [0.5, 0.6) is 5.75 Å². The summed E-state index contributed by atoms with van der Waals surface area (Å²) in [5.74, 6) is 0.210. The number of hydrogen-bond donors (Lipinski definition) is 1. The van der Waals surface area contributed by atoms with Crippen molar-refractivity contribution in [1.29, 1.82) is 0 Å². The number of aromatic nitrogens is 3. The van der Waals surface area contributed by atoms with E-state index in [2.05, 4.69) is 22.1 Å². The summed E-state index contributed by atoms with van der Waals surface area (Å²) >= 11 is 18.9. The van der Waals surface area contributed by atoms with Crippen molar-refractivity contribution in [3.05, 3.63) is 75.8 Å². The first kappa shape index (κ1) is 23.4. The minimum Gasteiger partial charge on any atom is -0.486 e. The number of carbonyl (C=O) groups excluding carboxylic acids is 1. The van der Waals surface area contributed by atoms with Gasteiger partial charge in [0.1, 0.15) is 18.2 Å². The molecule has 0 bridgehead atoms. The Labute approximate surface area is 197 Å². The summed E-state index contributed by atoms with van der Waals surface area (Å²) in [7, 11) is 0. The average Bonchev–Trinajstić information content (AvgIpc) is 3.11. The summed E-state index contributed by atoms with van der Waals surface area (Å²) < 4.78 is 20.7. The van der Waals surface area contributed by atoms with Gasteiger partial charge in [0.15, 0.2) is 11.0 Å². The molecule has 6 nitrogen and oxygen atoms in total. The number of hydrogen-bond acceptors (Lipinski definition) is 5. The number of allylic oxidation sites excluding steroid dienone is 1. The lowest BCUT2D eigenvalue weighted by Crippen LogP contribution is -2.15. The number of nitrogens with zero attached hydrogens (tertiary/aromatic N) is 3. The van der Waals surface area contributed by atoms with Crippen LogP contribution in [0.2, 0.25) is 15.1 Å². The highest BCUT2D eigenvalue weighted by Crippen LogP contribution is 2.26. The molecule has 0 fully saturated rings. The quantitative estimate of drug-likeness (QED) is 0.293. The third kappa shape index (κ3) is 6.36. The van der Waals surface area contributed by atoms with Gasteiger partial charge in [-0.25, -0.2) is 4.39 Å². The fraction of sp³-hybridized carbons (Fsp3) is 0.150. The molecule has 0 saturated carbocycles. The van der Waals surface area contributed by atoms with Gasteiger partial charge >= 0.3 is 0 Å². The molecule has 162 valence electrons. The Balaban J connectivity index is 1.63. The average molecular weight is 502 g/mol. The van der Waals surface area contributed by atoms with Gasteiger partial charge in [0.2, 0.25) is 5.91 Å². The van der Waals surface area contributed by atoms with Crippen LogP contribution in [0.4, 0.5) is 10.1 Å². The van der Waals surface area contributed by atoms with Crippen molar-refractivity contribution < 1.29 is 13.9 Å². The lowest BCUT2D eigenvalue weighted by molar-refractivity contribution is -0.113. The van der Waals surface area contributed by atoms with E-state index in [9.17, 15) is 9.18 Å². The Kier molecular flexibility index (Phi) is 8.20. The first-order chi connectivity index (χ1) is 14.9. The summed E-state index contributed by atoms with van der Waals surface area (Å²) in [6.07, 6.45) is 1.68. The van der Waals surface area contributed by atoms with E-state index in [1.54, 1.807) is 28.8 Å². The van der Waals surface area contributed by atoms with Crippen LogP contribution in [0.3, 0.4) is 0 Å². The SMILES string of the molecule is C=CCn1c(COc2ccc(F)c(Cl)c2)nnc1SCC(=O)Nc1ccc(Cl)cc1Cl. The fourth-order valence-corrected chi connectivity index (χ4v) is 3.86. The summed E-state index contributed by atoms with van der Waals surface area (Å²) in [4.78, 5) is 12.3. The maximum atomic E-state index is 13.3. The summed E-state index contributed by atoms with van der Waals surface area (Å²) in [6, 6.07) is 8.89. The zero-order valence-electron chi connectivity index (χ0n) is 15.9. The molecule has 0 saturated heterocycles. The van der Waals surface area contributed by atoms with Gasteiger partial charge in [-0.2, -0.15) is 0 Å². The highest BCUT2D eigenvalue weighted by atomic mass is 35.5. The highest BCUT2D eigenvalue weighted by molar-refractivity contribution is 7.99. The van der Waals surface area contributed by atoms with E-state index in [1.807, 2.05) is 0 Å². The molecular formula is C20H16Cl3FN4O2S. The molecule has 0 aliphatic carbocycles. The van der Waals surface area contributed by atoms with E-state index in [1.165, 1.54) is 30.0 Å². The number of halogens is 4. The number of amides is 1. The molecule has 1 heterocycles. The van der Waals surface area contributed by atoms with Crippen LogP contribution in [0.25, 0.3) is 0 Å². The Morgan fingerprint density at radius 2 is 2.00 bits per heavy atom. The van der Waals surface area contributed by atoms with Crippen LogP contribution in [-0.4, -0.2) is 26.4 Å². The van der Waals surface area contributed by atoms with Crippen molar-refractivity contribution in [3.63, 3.8) is 0 Å². The second kappa shape index (κ2) is 10.9. The van der Waals surface area contributed by atoms with Gasteiger partial charge in [0, 0.05) is 17.6 Å². The van der Waals surface area contributed by atoms with Crippen LogP contribution >= 0.6 is 46.6 Å². The number of thioether (sulfide) groups is 1. The molecule has 3 aromatic rings. The van der Waals surface area contributed by atoms with E-state index in [4.69, 9.17) is 39.5 Å². The van der Waals surface area contributed by atoms with Crippen molar-refractivity contribution in [2.75, 3.05) is 11.1 Å². The Hall–Kier alpha value is -2.26.